The third kappa shape index (κ3) is 5.17. The molecule has 0 atom stereocenters. The van der Waals surface area contributed by atoms with Gasteiger partial charge in [-0.3, -0.25) is 0 Å². The summed E-state index contributed by atoms with van der Waals surface area (Å²) >= 11 is 7.63. The van der Waals surface area contributed by atoms with Crippen LogP contribution in [-0.4, -0.2) is 25.3 Å². The van der Waals surface area contributed by atoms with E-state index >= 15 is 0 Å². The van der Waals surface area contributed by atoms with Gasteiger partial charge in [-0.25, -0.2) is 8.42 Å². The molecule has 23 heavy (non-hydrogen) atoms. The molecule has 8 heteroatoms. The molecule has 126 valence electrons. The molecule has 0 fully saturated rings. The van der Waals surface area contributed by atoms with Crippen LogP contribution in [0.1, 0.15) is 25.3 Å². The number of hydrogen-bond donors (Lipinski definition) is 0. The Labute approximate surface area is 144 Å². The Morgan fingerprint density at radius 1 is 1.48 bits per heavy atom. The summed E-state index contributed by atoms with van der Waals surface area (Å²) in [4.78, 5) is 0. The number of rotatable bonds is 7. The highest BCUT2D eigenvalue weighted by molar-refractivity contribution is 7.85. The van der Waals surface area contributed by atoms with Gasteiger partial charge >= 0.3 is 0 Å². The fraction of sp³-hybridized carbons (Fsp3) is 0.400. The first-order valence-corrected chi connectivity index (χ1v) is 9.94. The normalized spacial score (nSPS) is 12.8. The van der Waals surface area contributed by atoms with Crippen molar-refractivity contribution in [3.8, 4) is 0 Å². The van der Waals surface area contributed by atoms with Crippen LogP contribution in [0, 0.1) is 0 Å². The number of hydrogen-bond acceptors (Lipinski definition) is 5. The van der Waals surface area contributed by atoms with Crippen LogP contribution < -0.4 is 4.57 Å². The van der Waals surface area contributed by atoms with E-state index in [9.17, 15) is 13.0 Å². The Morgan fingerprint density at radius 2 is 2.22 bits per heavy atom. The van der Waals surface area contributed by atoms with E-state index < -0.39 is 10.1 Å². The Hall–Kier alpha value is -1.15. The van der Waals surface area contributed by atoms with Gasteiger partial charge in [0.15, 0.2) is 6.54 Å². The highest BCUT2D eigenvalue weighted by atomic mass is 35.5. The van der Waals surface area contributed by atoms with Crippen molar-refractivity contribution in [2.24, 2.45) is 0 Å². The molecule has 0 aliphatic heterocycles. The van der Waals surface area contributed by atoms with E-state index in [0.29, 0.717) is 18.2 Å². The number of benzene rings is 1. The molecule has 0 N–H and O–H groups in total. The standard InChI is InChI=1S/C15H18ClNO4S2/c1-3-21-11(2)9-15-17(7-4-8-23(18,19)20)13-10-12(16)5-6-14(13)22-15/h5-6,9-10H,3-4,7-8H2,1-2H3/b11-9+. The van der Waals surface area contributed by atoms with Crippen molar-refractivity contribution < 1.29 is 22.3 Å². The second-order valence-electron chi connectivity index (χ2n) is 5.01. The minimum atomic E-state index is -4.21. The molecule has 5 nitrogen and oxygen atoms in total. The predicted octanol–water partition coefficient (Wildman–Crippen LogP) is 3.17. The number of aromatic nitrogens is 1. The quantitative estimate of drug-likeness (QED) is 0.423. The van der Waals surface area contributed by atoms with E-state index in [1.54, 1.807) is 11.3 Å². The van der Waals surface area contributed by atoms with E-state index in [0.717, 1.165) is 21.0 Å². The molecule has 1 heterocycles. The third-order valence-electron chi connectivity index (χ3n) is 3.17. The average molecular weight is 376 g/mol. The van der Waals surface area contributed by atoms with Gasteiger partial charge in [0, 0.05) is 23.3 Å². The molecule has 0 aliphatic carbocycles. The molecule has 0 radical (unpaired) electrons. The van der Waals surface area contributed by atoms with Crippen molar-refractivity contribution in [3.63, 3.8) is 0 Å². The third-order valence-corrected chi connectivity index (χ3v) is 5.30. The minimum Gasteiger partial charge on any atom is -0.748 e. The van der Waals surface area contributed by atoms with E-state index in [1.165, 1.54) is 0 Å². The van der Waals surface area contributed by atoms with Crippen molar-refractivity contribution >= 4 is 49.3 Å². The van der Waals surface area contributed by atoms with Crippen LogP contribution in [0.5, 0.6) is 0 Å². The lowest BCUT2D eigenvalue weighted by atomic mass is 10.3. The second kappa shape index (κ2) is 7.61. The molecule has 0 aliphatic rings. The van der Waals surface area contributed by atoms with Crippen molar-refractivity contribution in [1.29, 1.82) is 0 Å². The van der Waals surface area contributed by atoms with Crippen LogP contribution in [0.15, 0.2) is 24.0 Å². The maximum atomic E-state index is 10.8. The fourth-order valence-corrected chi connectivity index (χ4v) is 4.06. The van der Waals surface area contributed by atoms with Crippen molar-refractivity contribution in [2.45, 2.75) is 26.8 Å². The molecule has 2 rings (SSSR count). The highest BCUT2D eigenvalue weighted by Crippen LogP contribution is 2.25. The van der Waals surface area contributed by atoms with Gasteiger partial charge in [-0.2, -0.15) is 4.57 Å². The molecule has 0 unspecified atom stereocenters. The number of fused-ring (bicyclic) bond motifs is 1. The van der Waals surface area contributed by atoms with Gasteiger partial charge in [-0.15, -0.1) is 0 Å². The van der Waals surface area contributed by atoms with Crippen LogP contribution in [0.2, 0.25) is 5.02 Å². The van der Waals surface area contributed by atoms with Gasteiger partial charge in [-0.1, -0.05) is 22.9 Å². The number of allylic oxidation sites excluding steroid dienone is 1. The van der Waals surface area contributed by atoms with Crippen molar-refractivity contribution in [2.75, 3.05) is 12.4 Å². The Bertz CT molecular complexity index is 827. The van der Waals surface area contributed by atoms with Crippen LogP contribution in [-0.2, 0) is 21.4 Å². The zero-order valence-electron chi connectivity index (χ0n) is 12.9. The summed E-state index contributed by atoms with van der Waals surface area (Å²) in [5, 5.41) is 1.54. The maximum absolute atomic E-state index is 10.8. The number of aryl methyl sites for hydroxylation is 1. The largest absolute Gasteiger partial charge is 0.748 e. The lowest BCUT2D eigenvalue weighted by Crippen LogP contribution is -2.36. The summed E-state index contributed by atoms with van der Waals surface area (Å²) in [7, 11) is -4.21. The van der Waals surface area contributed by atoms with Gasteiger partial charge in [0.05, 0.1) is 22.8 Å². The fourth-order valence-electron chi connectivity index (χ4n) is 2.25. The topological polar surface area (TPSA) is 70.3 Å². The molecular formula is C15H18ClNO4S2. The summed E-state index contributed by atoms with van der Waals surface area (Å²) < 4.78 is 40.9. The molecule has 2 aromatic rings. The summed E-state index contributed by atoms with van der Waals surface area (Å²) in [6.45, 7) is 4.78. The van der Waals surface area contributed by atoms with Crippen LogP contribution >= 0.6 is 22.9 Å². The van der Waals surface area contributed by atoms with Gasteiger partial charge < -0.3 is 9.29 Å². The minimum absolute atomic E-state index is 0.253. The molecule has 1 aromatic carbocycles. The Morgan fingerprint density at radius 3 is 2.87 bits per heavy atom. The first-order chi connectivity index (χ1) is 10.8. The summed E-state index contributed by atoms with van der Waals surface area (Å²) in [6.07, 6.45) is 2.16. The van der Waals surface area contributed by atoms with Gasteiger partial charge in [0.25, 0.3) is 5.01 Å². The van der Waals surface area contributed by atoms with E-state index in [2.05, 4.69) is 0 Å². The molecular weight excluding hydrogens is 358 g/mol. The van der Waals surface area contributed by atoms with E-state index in [1.807, 2.05) is 42.7 Å². The lowest BCUT2D eigenvalue weighted by molar-refractivity contribution is -0.668. The van der Waals surface area contributed by atoms with Gasteiger partial charge in [-0.05, 0) is 26.0 Å². The Kier molecular flexibility index (Phi) is 6.02. The summed E-state index contributed by atoms with van der Waals surface area (Å²) in [6, 6.07) is 5.58. The highest BCUT2D eigenvalue weighted by Gasteiger charge is 2.20. The SMILES string of the molecule is CCO/C(C)=C/c1sc2ccc(Cl)cc2[n+]1CCCS(=O)(=O)[O-]. The molecule has 0 amide bonds. The molecule has 0 saturated carbocycles. The second-order valence-corrected chi connectivity index (χ2v) is 8.03. The summed E-state index contributed by atoms with van der Waals surface area (Å²) in [5.41, 5.74) is 0.918. The number of nitrogens with zero attached hydrogens (tertiary/aromatic N) is 1. The first-order valence-electron chi connectivity index (χ1n) is 7.16. The molecule has 0 spiro atoms. The van der Waals surface area contributed by atoms with E-state index in [-0.39, 0.29) is 12.2 Å². The first kappa shape index (κ1) is 18.2. The Balaban J connectivity index is 2.40. The average Bonchev–Trinajstić information content (AvgIpc) is 2.75. The number of ether oxygens (including phenoxy) is 1. The van der Waals surface area contributed by atoms with Crippen molar-refractivity contribution in [1.82, 2.24) is 0 Å². The van der Waals surface area contributed by atoms with Crippen LogP contribution in [0.4, 0.5) is 0 Å². The molecule has 1 aromatic heterocycles. The van der Waals surface area contributed by atoms with Crippen LogP contribution in [0.25, 0.3) is 16.3 Å². The maximum Gasteiger partial charge on any atom is 0.266 e. The van der Waals surface area contributed by atoms with Gasteiger partial charge in [0.2, 0.25) is 5.52 Å². The number of thiazole rings is 1. The van der Waals surface area contributed by atoms with Gasteiger partial charge in [0.1, 0.15) is 10.5 Å². The number of halogens is 1. The van der Waals surface area contributed by atoms with E-state index in [4.69, 9.17) is 16.3 Å². The van der Waals surface area contributed by atoms with Crippen molar-refractivity contribution in [3.05, 3.63) is 34.0 Å². The molecule has 0 saturated heterocycles. The van der Waals surface area contributed by atoms with Crippen LogP contribution in [0.3, 0.4) is 0 Å². The lowest BCUT2D eigenvalue weighted by Gasteiger charge is -2.05. The monoisotopic (exact) mass is 375 g/mol. The zero-order valence-corrected chi connectivity index (χ0v) is 15.3. The molecule has 0 bridgehead atoms. The summed E-state index contributed by atoms with van der Waals surface area (Å²) in [5.74, 6) is 0.390. The smallest absolute Gasteiger partial charge is 0.266 e. The zero-order chi connectivity index (χ0) is 17.0. The predicted molar refractivity (Wildman–Crippen MR) is 91.5 cm³/mol.